The van der Waals surface area contributed by atoms with Crippen molar-refractivity contribution in [3.05, 3.63) is 42.2 Å². The third-order valence-electron chi connectivity index (χ3n) is 7.09. The Hall–Kier alpha value is -3.57. The number of carbonyl (C=O) groups is 4. The van der Waals surface area contributed by atoms with Gasteiger partial charge in [-0.25, -0.2) is 0 Å². The van der Waals surface area contributed by atoms with Crippen LogP contribution in [0.3, 0.4) is 0 Å². The monoisotopic (exact) mass is 495 g/mol. The molecule has 3 aliphatic heterocycles. The number of aliphatic hydroxyl groups excluding tert-OH is 1. The van der Waals surface area contributed by atoms with Gasteiger partial charge in [0.05, 0.1) is 6.42 Å². The molecular formula is C25H29N5O6. The summed E-state index contributed by atoms with van der Waals surface area (Å²) >= 11 is 0. The van der Waals surface area contributed by atoms with Crippen LogP contribution in [0.1, 0.15) is 42.6 Å². The fourth-order valence-corrected chi connectivity index (χ4v) is 5.27. The van der Waals surface area contributed by atoms with Gasteiger partial charge in [-0.05, 0) is 24.3 Å². The van der Waals surface area contributed by atoms with Crippen molar-refractivity contribution in [1.29, 1.82) is 0 Å². The quantitative estimate of drug-likeness (QED) is 0.427. The van der Waals surface area contributed by atoms with Gasteiger partial charge in [-0.1, -0.05) is 37.1 Å². The van der Waals surface area contributed by atoms with Gasteiger partial charge >= 0.3 is 5.97 Å². The zero-order valence-electron chi connectivity index (χ0n) is 19.7. The molecule has 11 heteroatoms. The smallest absolute Gasteiger partial charge is 0.310 e. The molecule has 5 rings (SSSR count). The number of benzene rings is 1. The van der Waals surface area contributed by atoms with Crippen LogP contribution in [0, 0.1) is 0 Å². The second kappa shape index (κ2) is 10.2. The van der Waals surface area contributed by atoms with Crippen LogP contribution in [0.5, 0.6) is 0 Å². The molecule has 0 aliphatic carbocycles. The Morgan fingerprint density at radius 3 is 2.69 bits per heavy atom. The van der Waals surface area contributed by atoms with Crippen molar-refractivity contribution < 1.29 is 29.0 Å². The molecule has 0 saturated carbocycles. The average Bonchev–Trinajstić information content (AvgIpc) is 3.19. The van der Waals surface area contributed by atoms with E-state index in [1.807, 2.05) is 30.3 Å². The maximum Gasteiger partial charge on any atom is 0.310 e. The van der Waals surface area contributed by atoms with Crippen molar-refractivity contribution in [2.45, 2.75) is 62.6 Å². The number of piperazine rings is 1. The summed E-state index contributed by atoms with van der Waals surface area (Å²) in [6, 6.07) is 6.48. The lowest BCUT2D eigenvalue weighted by atomic mass is 9.94. The predicted octanol–water partition coefficient (Wildman–Crippen LogP) is -0.174. The van der Waals surface area contributed by atoms with E-state index in [0.29, 0.717) is 18.4 Å². The second-order valence-electron chi connectivity index (χ2n) is 9.46. The molecule has 3 saturated heterocycles. The van der Waals surface area contributed by atoms with E-state index in [0.717, 1.165) is 24.6 Å². The van der Waals surface area contributed by atoms with E-state index in [4.69, 9.17) is 4.74 Å². The van der Waals surface area contributed by atoms with Crippen LogP contribution in [0.4, 0.5) is 0 Å². The topological polar surface area (TPSA) is 150 Å². The van der Waals surface area contributed by atoms with Gasteiger partial charge in [-0.2, -0.15) is 0 Å². The molecule has 1 unspecified atom stereocenters. The first-order valence-electron chi connectivity index (χ1n) is 12.3. The van der Waals surface area contributed by atoms with Gasteiger partial charge in [0.2, 0.25) is 18.1 Å². The zero-order valence-corrected chi connectivity index (χ0v) is 19.7. The summed E-state index contributed by atoms with van der Waals surface area (Å²) in [5, 5.41) is 20.2. The molecule has 1 aromatic carbocycles. The van der Waals surface area contributed by atoms with Crippen molar-refractivity contribution >= 4 is 34.5 Å². The number of aromatic nitrogens is 1. The number of nitrogens with zero attached hydrogens (tertiary/aromatic N) is 2. The van der Waals surface area contributed by atoms with Crippen LogP contribution in [-0.2, 0) is 19.1 Å². The molecular weight excluding hydrogens is 466 g/mol. The molecule has 1 aromatic heterocycles. The molecule has 4 N–H and O–H groups in total. The zero-order chi connectivity index (χ0) is 25.2. The second-order valence-corrected chi connectivity index (χ2v) is 9.46. The van der Waals surface area contributed by atoms with Crippen molar-refractivity contribution in [1.82, 2.24) is 25.8 Å². The highest BCUT2D eigenvalue weighted by Gasteiger charge is 2.44. The Morgan fingerprint density at radius 1 is 1.08 bits per heavy atom. The third kappa shape index (κ3) is 4.76. The number of fused-ring (bicyclic) bond motifs is 2. The standard InChI is InChI=1S/C25H29N5O6/c31-20-11-18(25(35)36-20)29-22(32)19-13-26-12-15-6-2-4-8-17(24(34)30(15)19)28-23(33)21-16-7-3-1-5-14(16)9-10-27-21/h1,3,5,7,9-10,15,17-19,25-26,35H,2,4,6,8,11-13H2,(H,28,33)(H,29,32)/t15-,17-,18-,19-,25?/m0/s1. The van der Waals surface area contributed by atoms with E-state index in [-0.39, 0.29) is 30.6 Å². The molecule has 0 bridgehead atoms. The lowest BCUT2D eigenvalue weighted by molar-refractivity contribution is -0.156. The summed E-state index contributed by atoms with van der Waals surface area (Å²) in [6.07, 6.45) is 2.78. The van der Waals surface area contributed by atoms with Gasteiger partial charge in [0.15, 0.2) is 0 Å². The Morgan fingerprint density at radius 2 is 1.89 bits per heavy atom. The Kier molecular flexibility index (Phi) is 6.84. The number of carbonyl (C=O) groups excluding carboxylic acids is 4. The molecule has 3 fully saturated rings. The van der Waals surface area contributed by atoms with E-state index < -0.39 is 42.2 Å². The van der Waals surface area contributed by atoms with Gasteiger partial charge in [-0.3, -0.25) is 24.2 Å². The summed E-state index contributed by atoms with van der Waals surface area (Å²) in [5.41, 5.74) is 0.244. The van der Waals surface area contributed by atoms with Crippen LogP contribution in [0.15, 0.2) is 36.5 Å². The van der Waals surface area contributed by atoms with Gasteiger partial charge in [-0.15, -0.1) is 0 Å². The highest BCUT2D eigenvalue weighted by molar-refractivity contribution is 6.06. The number of ether oxygens (including phenoxy) is 1. The summed E-state index contributed by atoms with van der Waals surface area (Å²) in [5.74, 6) is -1.85. The largest absolute Gasteiger partial charge is 0.434 e. The molecule has 3 aliphatic rings. The van der Waals surface area contributed by atoms with E-state index in [2.05, 4.69) is 20.9 Å². The fourth-order valence-electron chi connectivity index (χ4n) is 5.27. The van der Waals surface area contributed by atoms with E-state index in [1.165, 1.54) is 0 Å². The Labute approximate surface area is 207 Å². The lowest BCUT2D eigenvalue weighted by Gasteiger charge is -2.44. The minimum absolute atomic E-state index is 0.138. The van der Waals surface area contributed by atoms with Gasteiger partial charge in [0.25, 0.3) is 5.91 Å². The van der Waals surface area contributed by atoms with Crippen molar-refractivity contribution in [3.8, 4) is 0 Å². The summed E-state index contributed by atoms with van der Waals surface area (Å²) in [4.78, 5) is 57.5. The SMILES string of the molecule is O=C1C[C@H](NC(=O)[C@@H]2CNC[C@@H]3CCCC[C@H](NC(=O)c4nccc5ccccc45)C(=O)N32)C(O)O1. The number of hydrogen-bond donors (Lipinski definition) is 4. The molecule has 0 spiro atoms. The minimum atomic E-state index is -1.42. The number of cyclic esters (lactones) is 1. The first-order valence-corrected chi connectivity index (χ1v) is 12.3. The predicted molar refractivity (Wildman–Crippen MR) is 127 cm³/mol. The number of aliphatic hydroxyl groups is 1. The number of amides is 3. The first kappa shape index (κ1) is 24.1. The van der Waals surface area contributed by atoms with Crippen molar-refractivity contribution in [2.75, 3.05) is 13.1 Å². The van der Waals surface area contributed by atoms with Crippen LogP contribution in [0.2, 0.25) is 0 Å². The molecule has 3 amide bonds. The highest BCUT2D eigenvalue weighted by atomic mass is 16.6. The number of nitrogens with one attached hydrogen (secondary N) is 3. The van der Waals surface area contributed by atoms with Crippen LogP contribution in [-0.4, -0.2) is 82.2 Å². The summed E-state index contributed by atoms with van der Waals surface area (Å²) in [6.45, 7) is 0.756. The van der Waals surface area contributed by atoms with Crippen LogP contribution in [0.25, 0.3) is 10.8 Å². The number of rotatable bonds is 4. The number of esters is 1. The maximum absolute atomic E-state index is 13.8. The third-order valence-corrected chi connectivity index (χ3v) is 7.09. The lowest BCUT2D eigenvalue weighted by Crippen LogP contribution is -2.67. The van der Waals surface area contributed by atoms with E-state index in [9.17, 15) is 24.3 Å². The van der Waals surface area contributed by atoms with Crippen molar-refractivity contribution in [3.63, 3.8) is 0 Å². The Balaban J connectivity index is 1.36. The minimum Gasteiger partial charge on any atom is -0.434 e. The molecule has 190 valence electrons. The first-order chi connectivity index (χ1) is 17.4. The van der Waals surface area contributed by atoms with Crippen molar-refractivity contribution in [2.24, 2.45) is 0 Å². The summed E-state index contributed by atoms with van der Waals surface area (Å²) < 4.78 is 4.71. The fraction of sp³-hybridized carbons (Fsp3) is 0.480. The molecule has 11 nitrogen and oxygen atoms in total. The van der Waals surface area contributed by atoms with Gasteiger partial charge < -0.3 is 30.7 Å². The molecule has 5 atom stereocenters. The van der Waals surface area contributed by atoms with E-state index in [1.54, 1.807) is 11.1 Å². The number of hydrogen-bond acceptors (Lipinski definition) is 8. The average molecular weight is 496 g/mol. The van der Waals surface area contributed by atoms with E-state index >= 15 is 0 Å². The molecule has 36 heavy (non-hydrogen) atoms. The molecule has 0 radical (unpaired) electrons. The molecule has 2 aromatic rings. The highest BCUT2D eigenvalue weighted by Crippen LogP contribution is 2.24. The molecule has 4 heterocycles. The normalized spacial score (nSPS) is 28.6. The Bertz CT molecular complexity index is 1180. The van der Waals surface area contributed by atoms with Crippen LogP contribution >= 0.6 is 0 Å². The van der Waals surface area contributed by atoms with Gasteiger partial charge in [0.1, 0.15) is 23.8 Å². The van der Waals surface area contributed by atoms with Gasteiger partial charge in [0, 0.05) is 30.7 Å². The summed E-state index contributed by atoms with van der Waals surface area (Å²) in [7, 11) is 0. The maximum atomic E-state index is 13.8. The van der Waals surface area contributed by atoms with Crippen LogP contribution < -0.4 is 16.0 Å². The number of pyridine rings is 1.